The SMILES string of the molecule is O=[N+]([O-])c1cc(F)cc(NCC2(O)CCC2)c1. The van der Waals surface area contributed by atoms with E-state index in [4.69, 9.17) is 0 Å². The Bertz CT molecular complexity index is 446. The molecule has 92 valence electrons. The third-order valence-corrected chi connectivity index (χ3v) is 3.00. The molecule has 17 heavy (non-hydrogen) atoms. The van der Waals surface area contributed by atoms with E-state index >= 15 is 0 Å². The van der Waals surface area contributed by atoms with Crippen LogP contribution in [0.15, 0.2) is 18.2 Å². The first kappa shape index (κ1) is 11.8. The summed E-state index contributed by atoms with van der Waals surface area (Å²) in [5.41, 5.74) is -0.730. The molecule has 0 aliphatic heterocycles. The maximum atomic E-state index is 13.1. The van der Waals surface area contributed by atoms with Crippen molar-refractivity contribution in [1.82, 2.24) is 0 Å². The van der Waals surface area contributed by atoms with Crippen LogP contribution >= 0.6 is 0 Å². The maximum Gasteiger partial charge on any atom is 0.274 e. The van der Waals surface area contributed by atoms with Crippen molar-refractivity contribution >= 4 is 11.4 Å². The predicted molar refractivity (Wildman–Crippen MR) is 60.3 cm³/mol. The molecule has 2 N–H and O–H groups in total. The highest BCUT2D eigenvalue weighted by Gasteiger charge is 2.34. The summed E-state index contributed by atoms with van der Waals surface area (Å²) in [7, 11) is 0. The molecule has 0 saturated heterocycles. The number of nitro benzene ring substituents is 1. The van der Waals surface area contributed by atoms with Crippen LogP contribution in [0.3, 0.4) is 0 Å². The van der Waals surface area contributed by atoms with Crippen molar-refractivity contribution in [2.75, 3.05) is 11.9 Å². The van der Waals surface area contributed by atoms with Gasteiger partial charge in [-0.15, -0.1) is 0 Å². The summed E-state index contributed by atoms with van der Waals surface area (Å²) in [6.07, 6.45) is 2.39. The van der Waals surface area contributed by atoms with Gasteiger partial charge in [-0.3, -0.25) is 10.1 Å². The molecule has 1 fully saturated rings. The Kier molecular flexibility index (Phi) is 2.97. The lowest BCUT2D eigenvalue weighted by molar-refractivity contribution is -0.385. The van der Waals surface area contributed by atoms with Gasteiger partial charge >= 0.3 is 0 Å². The van der Waals surface area contributed by atoms with Crippen LogP contribution in [0.4, 0.5) is 15.8 Å². The van der Waals surface area contributed by atoms with E-state index in [9.17, 15) is 19.6 Å². The summed E-state index contributed by atoms with van der Waals surface area (Å²) >= 11 is 0. The zero-order chi connectivity index (χ0) is 12.5. The molecule has 0 heterocycles. The monoisotopic (exact) mass is 240 g/mol. The van der Waals surface area contributed by atoms with Crippen LogP contribution in [0.5, 0.6) is 0 Å². The molecule has 0 radical (unpaired) electrons. The van der Waals surface area contributed by atoms with Crippen LogP contribution in [0.25, 0.3) is 0 Å². The summed E-state index contributed by atoms with van der Waals surface area (Å²) in [5, 5.41) is 23.2. The van der Waals surface area contributed by atoms with Crippen molar-refractivity contribution in [2.24, 2.45) is 0 Å². The number of hydrogen-bond acceptors (Lipinski definition) is 4. The standard InChI is InChI=1S/C11H13FN2O3/c12-8-4-9(6-10(5-8)14(16)17)13-7-11(15)2-1-3-11/h4-6,13,15H,1-3,7H2. The first-order valence-corrected chi connectivity index (χ1v) is 5.40. The van der Waals surface area contributed by atoms with E-state index in [1.807, 2.05) is 0 Å². The fourth-order valence-electron chi connectivity index (χ4n) is 1.81. The van der Waals surface area contributed by atoms with Crippen LogP contribution in [0, 0.1) is 15.9 Å². The Morgan fingerprint density at radius 1 is 1.47 bits per heavy atom. The van der Waals surface area contributed by atoms with Gasteiger partial charge in [0.15, 0.2) is 0 Å². The summed E-state index contributed by atoms with van der Waals surface area (Å²) in [4.78, 5) is 9.89. The Morgan fingerprint density at radius 2 is 2.18 bits per heavy atom. The van der Waals surface area contributed by atoms with E-state index in [1.165, 1.54) is 12.1 Å². The first-order chi connectivity index (χ1) is 7.98. The number of non-ortho nitro benzene ring substituents is 1. The average Bonchev–Trinajstić information content (AvgIpc) is 2.23. The lowest BCUT2D eigenvalue weighted by Crippen LogP contribution is -2.43. The minimum Gasteiger partial charge on any atom is -0.388 e. The third-order valence-electron chi connectivity index (χ3n) is 3.00. The number of rotatable bonds is 4. The van der Waals surface area contributed by atoms with Crippen molar-refractivity contribution < 1.29 is 14.4 Å². The molecule has 0 bridgehead atoms. The first-order valence-electron chi connectivity index (χ1n) is 5.40. The normalized spacial score (nSPS) is 17.3. The highest BCUT2D eigenvalue weighted by atomic mass is 19.1. The molecule has 0 unspecified atom stereocenters. The van der Waals surface area contributed by atoms with Gasteiger partial charge in [-0.1, -0.05) is 0 Å². The number of anilines is 1. The minimum atomic E-state index is -0.749. The number of hydrogen-bond donors (Lipinski definition) is 2. The molecule has 1 aromatic carbocycles. The van der Waals surface area contributed by atoms with E-state index in [0.717, 1.165) is 12.5 Å². The molecule has 2 rings (SSSR count). The van der Waals surface area contributed by atoms with Crippen LogP contribution in [0.2, 0.25) is 0 Å². The van der Waals surface area contributed by atoms with Crippen molar-refractivity contribution in [3.8, 4) is 0 Å². The molecule has 0 atom stereocenters. The average molecular weight is 240 g/mol. The van der Waals surface area contributed by atoms with Crippen LogP contribution in [-0.4, -0.2) is 22.2 Å². The number of benzene rings is 1. The fourth-order valence-corrected chi connectivity index (χ4v) is 1.81. The molecular formula is C11H13FN2O3. The van der Waals surface area contributed by atoms with E-state index in [0.29, 0.717) is 18.5 Å². The van der Waals surface area contributed by atoms with Gasteiger partial charge < -0.3 is 10.4 Å². The van der Waals surface area contributed by atoms with Gasteiger partial charge in [0.05, 0.1) is 16.6 Å². The van der Waals surface area contributed by atoms with Gasteiger partial charge in [-0.25, -0.2) is 4.39 Å². The summed E-state index contributed by atoms with van der Waals surface area (Å²) in [6, 6.07) is 3.30. The third kappa shape index (κ3) is 2.71. The molecular weight excluding hydrogens is 227 g/mol. The van der Waals surface area contributed by atoms with E-state index in [-0.39, 0.29) is 12.2 Å². The quantitative estimate of drug-likeness (QED) is 0.624. The van der Waals surface area contributed by atoms with Crippen molar-refractivity contribution in [2.45, 2.75) is 24.9 Å². The van der Waals surface area contributed by atoms with Crippen molar-refractivity contribution in [3.63, 3.8) is 0 Å². The van der Waals surface area contributed by atoms with E-state index in [2.05, 4.69) is 5.32 Å². The zero-order valence-electron chi connectivity index (χ0n) is 9.15. The summed E-state index contributed by atoms with van der Waals surface area (Å²) < 4.78 is 13.1. The lowest BCUT2D eigenvalue weighted by atomic mass is 9.80. The molecule has 0 aromatic heterocycles. The molecule has 1 aliphatic rings. The highest BCUT2D eigenvalue weighted by molar-refractivity contribution is 5.51. The second-order valence-electron chi connectivity index (χ2n) is 4.39. The minimum absolute atomic E-state index is 0.285. The van der Waals surface area contributed by atoms with Gasteiger partial charge in [0.2, 0.25) is 0 Å². The molecule has 1 aromatic rings. The molecule has 0 amide bonds. The van der Waals surface area contributed by atoms with Gasteiger partial charge in [0.1, 0.15) is 5.82 Å². The Balaban J connectivity index is 2.07. The Morgan fingerprint density at radius 3 is 2.71 bits per heavy atom. The molecule has 6 heteroatoms. The maximum absolute atomic E-state index is 13.1. The molecule has 0 spiro atoms. The largest absolute Gasteiger partial charge is 0.388 e. The zero-order valence-corrected chi connectivity index (χ0v) is 9.15. The number of halogens is 1. The van der Waals surface area contributed by atoms with Gasteiger partial charge in [0.25, 0.3) is 5.69 Å². The van der Waals surface area contributed by atoms with Gasteiger partial charge in [0, 0.05) is 18.3 Å². The lowest BCUT2D eigenvalue weighted by Gasteiger charge is -2.36. The molecule has 1 saturated carbocycles. The fraction of sp³-hybridized carbons (Fsp3) is 0.455. The van der Waals surface area contributed by atoms with Gasteiger partial charge in [-0.05, 0) is 25.3 Å². The number of nitrogens with one attached hydrogen (secondary N) is 1. The highest BCUT2D eigenvalue weighted by Crippen LogP contribution is 2.32. The van der Waals surface area contributed by atoms with E-state index in [1.54, 1.807) is 0 Å². The second kappa shape index (κ2) is 4.29. The van der Waals surface area contributed by atoms with Crippen LogP contribution in [0.1, 0.15) is 19.3 Å². The second-order valence-corrected chi connectivity index (χ2v) is 4.39. The Labute approximate surface area is 97.4 Å². The van der Waals surface area contributed by atoms with Crippen molar-refractivity contribution in [1.29, 1.82) is 0 Å². The van der Waals surface area contributed by atoms with Gasteiger partial charge in [-0.2, -0.15) is 0 Å². The van der Waals surface area contributed by atoms with Crippen LogP contribution in [-0.2, 0) is 0 Å². The predicted octanol–water partition coefficient (Wildman–Crippen LogP) is 2.06. The topological polar surface area (TPSA) is 75.4 Å². The summed E-state index contributed by atoms with van der Waals surface area (Å²) in [5.74, 6) is -0.665. The molecule has 5 nitrogen and oxygen atoms in total. The smallest absolute Gasteiger partial charge is 0.274 e. The summed E-state index contributed by atoms with van der Waals surface area (Å²) in [6.45, 7) is 0.285. The number of nitro groups is 1. The Hall–Kier alpha value is -1.69. The van der Waals surface area contributed by atoms with Crippen LogP contribution < -0.4 is 5.32 Å². The number of aliphatic hydroxyl groups is 1. The van der Waals surface area contributed by atoms with E-state index < -0.39 is 16.3 Å². The van der Waals surface area contributed by atoms with Crippen molar-refractivity contribution in [3.05, 3.63) is 34.1 Å². The number of nitrogens with zero attached hydrogens (tertiary/aromatic N) is 1. The molecule has 1 aliphatic carbocycles.